The van der Waals surface area contributed by atoms with E-state index < -0.39 is 30.4 Å². The number of hydrogen-bond acceptors (Lipinski definition) is 6. The van der Waals surface area contributed by atoms with Gasteiger partial charge in [-0.3, -0.25) is 4.79 Å². The summed E-state index contributed by atoms with van der Waals surface area (Å²) < 4.78 is 15.2. The van der Waals surface area contributed by atoms with Crippen molar-refractivity contribution < 1.29 is 28.9 Å². The van der Waals surface area contributed by atoms with Crippen molar-refractivity contribution in [2.75, 3.05) is 6.61 Å². The number of aliphatic hydroxyl groups is 1. The molecule has 0 amide bonds. The Morgan fingerprint density at radius 3 is 2.70 bits per heavy atom. The number of ether oxygens (including phenoxy) is 3. The summed E-state index contributed by atoms with van der Waals surface area (Å²) in [6, 6.07) is 8.58. The monoisotopic (exact) mass is 280 g/mol. The van der Waals surface area contributed by atoms with E-state index in [1.165, 1.54) is 6.92 Å². The first-order chi connectivity index (χ1) is 9.56. The lowest BCUT2D eigenvalue weighted by molar-refractivity contribution is -0.168. The number of esters is 2. The molecule has 0 saturated carbocycles. The molecule has 0 aromatic heterocycles. The molecule has 20 heavy (non-hydrogen) atoms. The third-order valence-electron chi connectivity index (χ3n) is 2.87. The van der Waals surface area contributed by atoms with Gasteiger partial charge in [-0.15, -0.1) is 0 Å². The maximum atomic E-state index is 11.7. The zero-order valence-electron chi connectivity index (χ0n) is 11.0. The smallest absolute Gasteiger partial charge is 0.338 e. The lowest BCUT2D eigenvalue weighted by Gasteiger charge is -2.11. The molecule has 1 fully saturated rings. The van der Waals surface area contributed by atoms with Crippen LogP contribution in [0.5, 0.6) is 0 Å². The summed E-state index contributed by atoms with van der Waals surface area (Å²) in [6.07, 6.45) is -2.09. The summed E-state index contributed by atoms with van der Waals surface area (Å²) in [5.74, 6) is -0.945. The van der Waals surface area contributed by atoms with Gasteiger partial charge in [-0.25, -0.2) is 4.79 Å². The number of hydrogen-bond donors (Lipinski definition) is 1. The van der Waals surface area contributed by atoms with E-state index in [0.29, 0.717) is 12.0 Å². The van der Waals surface area contributed by atoms with E-state index in [1.54, 1.807) is 30.3 Å². The summed E-state index contributed by atoms with van der Waals surface area (Å²) in [5.41, 5.74) is 0.447. The molecule has 2 rings (SSSR count). The second kappa shape index (κ2) is 6.49. The van der Waals surface area contributed by atoms with Crippen molar-refractivity contribution in [1.29, 1.82) is 0 Å². The fourth-order valence-electron chi connectivity index (χ4n) is 1.97. The van der Waals surface area contributed by atoms with Gasteiger partial charge in [0.15, 0.2) is 12.4 Å². The van der Waals surface area contributed by atoms with Gasteiger partial charge in [-0.05, 0) is 12.1 Å². The number of carbonyl (C=O) groups excluding carboxylic acids is 2. The van der Waals surface area contributed by atoms with Crippen molar-refractivity contribution in [3.05, 3.63) is 35.9 Å². The summed E-state index contributed by atoms with van der Waals surface area (Å²) in [5, 5.41) is 9.55. The van der Waals surface area contributed by atoms with Gasteiger partial charge in [0.25, 0.3) is 0 Å². The molecule has 0 aliphatic carbocycles. The fraction of sp³-hybridized carbons (Fsp3) is 0.429. The SMILES string of the molecule is CC(=O)OC1CC(COC(=O)c2ccccc2)OC1O. The minimum absolute atomic E-state index is 0.00253. The van der Waals surface area contributed by atoms with E-state index in [-0.39, 0.29) is 6.61 Å². The van der Waals surface area contributed by atoms with Crippen LogP contribution in [0.1, 0.15) is 23.7 Å². The van der Waals surface area contributed by atoms with Crippen LogP contribution in [0.2, 0.25) is 0 Å². The van der Waals surface area contributed by atoms with Crippen LogP contribution in [0.4, 0.5) is 0 Å². The molecule has 3 unspecified atom stereocenters. The van der Waals surface area contributed by atoms with Crippen LogP contribution in [0.3, 0.4) is 0 Å². The first kappa shape index (κ1) is 14.5. The lowest BCUT2D eigenvalue weighted by atomic mass is 10.2. The predicted octanol–water partition coefficient (Wildman–Crippen LogP) is 0.882. The van der Waals surface area contributed by atoms with E-state index >= 15 is 0 Å². The Labute approximate surface area is 116 Å². The molecule has 1 N–H and O–H groups in total. The second-order valence-electron chi connectivity index (χ2n) is 4.50. The maximum Gasteiger partial charge on any atom is 0.338 e. The zero-order chi connectivity index (χ0) is 14.5. The molecule has 1 heterocycles. The van der Waals surface area contributed by atoms with Crippen LogP contribution in [-0.2, 0) is 19.0 Å². The number of carbonyl (C=O) groups is 2. The average molecular weight is 280 g/mol. The normalized spacial score (nSPS) is 25.2. The average Bonchev–Trinajstić information content (AvgIpc) is 2.77. The first-order valence-corrected chi connectivity index (χ1v) is 6.29. The Bertz CT molecular complexity index is 472. The van der Waals surface area contributed by atoms with Crippen LogP contribution in [-0.4, -0.2) is 42.1 Å². The lowest BCUT2D eigenvalue weighted by Crippen LogP contribution is -2.25. The minimum atomic E-state index is -1.18. The van der Waals surface area contributed by atoms with E-state index in [1.807, 2.05) is 0 Å². The molecule has 1 aliphatic heterocycles. The molecule has 0 bridgehead atoms. The van der Waals surface area contributed by atoms with Gasteiger partial charge in [0.05, 0.1) is 11.7 Å². The molecule has 1 aromatic carbocycles. The highest BCUT2D eigenvalue weighted by molar-refractivity contribution is 5.89. The molecule has 1 aliphatic rings. The van der Waals surface area contributed by atoms with Crippen LogP contribution in [0.15, 0.2) is 30.3 Å². The Morgan fingerprint density at radius 1 is 1.35 bits per heavy atom. The highest BCUT2D eigenvalue weighted by atomic mass is 16.7. The van der Waals surface area contributed by atoms with Crippen molar-refractivity contribution in [1.82, 2.24) is 0 Å². The standard InChI is InChI=1S/C14H16O6/c1-9(15)19-12-7-11(20-14(12)17)8-18-13(16)10-5-3-2-4-6-10/h2-6,11-12,14,17H,7-8H2,1H3. The van der Waals surface area contributed by atoms with Crippen molar-refractivity contribution in [3.8, 4) is 0 Å². The molecule has 108 valence electrons. The van der Waals surface area contributed by atoms with Crippen molar-refractivity contribution in [3.63, 3.8) is 0 Å². The van der Waals surface area contributed by atoms with Crippen molar-refractivity contribution >= 4 is 11.9 Å². The van der Waals surface area contributed by atoms with Gasteiger partial charge in [-0.2, -0.15) is 0 Å². The van der Waals surface area contributed by atoms with E-state index in [4.69, 9.17) is 14.2 Å². The Kier molecular flexibility index (Phi) is 4.70. The topological polar surface area (TPSA) is 82.1 Å². The van der Waals surface area contributed by atoms with Crippen LogP contribution in [0, 0.1) is 0 Å². The van der Waals surface area contributed by atoms with Gasteiger partial charge in [0.2, 0.25) is 0 Å². The molecule has 1 aromatic rings. The highest BCUT2D eigenvalue weighted by Gasteiger charge is 2.36. The fourth-order valence-corrected chi connectivity index (χ4v) is 1.97. The molecule has 3 atom stereocenters. The van der Waals surface area contributed by atoms with Gasteiger partial charge in [0, 0.05) is 13.3 Å². The number of aliphatic hydroxyl groups excluding tert-OH is 1. The van der Waals surface area contributed by atoms with E-state index in [0.717, 1.165) is 0 Å². The molecular weight excluding hydrogens is 264 g/mol. The molecular formula is C14H16O6. The molecule has 1 saturated heterocycles. The van der Waals surface area contributed by atoms with Gasteiger partial charge in [0.1, 0.15) is 6.61 Å². The first-order valence-electron chi connectivity index (χ1n) is 6.29. The quantitative estimate of drug-likeness (QED) is 0.825. The Morgan fingerprint density at radius 2 is 2.05 bits per heavy atom. The summed E-state index contributed by atoms with van der Waals surface area (Å²) in [4.78, 5) is 22.5. The Hall–Kier alpha value is -1.92. The van der Waals surface area contributed by atoms with Crippen LogP contribution in [0.25, 0.3) is 0 Å². The van der Waals surface area contributed by atoms with Gasteiger partial charge < -0.3 is 19.3 Å². The zero-order valence-corrected chi connectivity index (χ0v) is 11.0. The third-order valence-corrected chi connectivity index (χ3v) is 2.87. The molecule has 6 nitrogen and oxygen atoms in total. The summed E-state index contributed by atoms with van der Waals surface area (Å²) >= 11 is 0. The maximum absolute atomic E-state index is 11.7. The summed E-state index contributed by atoms with van der Waals surface area (Å²) in [7, 11) is 0. The molecule has 0 radical (unpaired) electrons. The Balaban J connectivity index is 1.81. The van der Waals surface area contributed by atoms with Crippen LogP contribution < -0.4 is 0 Å². The summed E-state index contributed by atoms with van der Waals surface area (Å²) in [6.45, 7) is 1.26. The number of benzene rings is 1. The minimum Gasteiger partial charge on any atom is -0.459 e. The van der Waals surface area contributed by atoms with Crippen molar-refractivity contribution in [2.45, 2.75) is 31.8 Å². The predicted molar refractivity (Wildman–Crippen MR) is 67.8 cm³/mol. The second-order valence-corrected chi connectivity index (χ2v) is 4.50. The van der Waals surface area contributed by atoms with Crippen molar-refractivity contribution in [2.24, 2.45) is 0 Å². The largest absolute Gasteiger partial charge is 0.459 e. The number of rotatable bonds is 4. The highest BCUT2D eigenvalue weighted by Crippen LogP contribution is 2.22. The van der Waals surface area contributed by atoms with E-state index in [9.17, 15) is 14.7 Å². The third kappa shape index (κ3) is 3.79. The van der Waals surface area contributed by atoms with Gasteiger partial charge in [-0.1, -0.05) is 18.2 Å². The van der Waals surface area contributed by atoms with Crippen LogP contribution >= 0.6 is 0 Å². The molecule has 6 heteroatoms. The van der Waals surface area contributed by atoms with E-state index in [2.05, 4.69) is 0 Å². The molecule has 0 spiro atoms. The van der Waals surface area contributed by atoms with Gasteiger partial charge >= 0.3 is 11.9 Å².